The maximum Gasteiger partial charge on any atom is 0.331 e. The van der Waals surface area contributed by atoms with Gasteiger partial charge in [-0.2, -0.15) is 0 Å². The summed E-state index contributed by atoms with van der Waals surface area (Å²) in [4.78, 5) is 27.1. The standard InChI is InChI=1S/C21H21NO3/c1-4-10-18-20(24)25-21(2,3)22(18)19(23)17-14-9-8-13-16(17)15-11-6-5-7-12-15/h4-9,11-14,18H,1,10H2,2-3H3/t18-/m0/s1. The number of cyclic esters (lactones) is 1. The average molecular weight is 335 g/mol. The van der Waals surface area contributed by atoms with Crippen molar-refractivity contribution in [3.8, 4) is 11.1 Å². The van der Waals surface area contributed by atoms with Crippen LogP contribution in [0.5, 0.6) is 0 Å². The Morgan fingerprint density at radius 1 is 1.16 bits per heavy atom. The van der Waals surface area contributed by atoms with E-state index in [0.717, 1.165) is 11.1 Å². The zero-order chi connectivity index (χ0) is 18.0. The lowest BCUT2D eigenvalue weighted by atomic mass is 9.97. The maximum atomic E-state index is 13.3. The molecule has 1 atom stereocenters. The Morgan fingerprint density at radius 2 is 1.80 bits per heavy atom. The molecule has 4 heteroatoms. The number of benzene rings is 2. The molecular formula is C21H21NO3. The minimum Gasteiger partial charge on any atom is -0.438 e. The van der Waals surface area contributed by atoms with E-state index in [2.05, 4.69) is 6.58 Å². The van der Waals surface area contributed by atoms with Crippen LogP contribution in [0.2, 0.25) is 0 Å². The molecule has 1 aliphatic heterocycles. The lowest BCUT2D eigenvalue weighted by Gasteiger charge is -2.32. The van der Waals surface area contributed by atoms with Gasteiger partial charge in [0.15, 0.2) is 5.72 Å². The van der Waals surface area contributed by atoms with Gasteiger partial charge in [-0.05, 0) is 37.5 Å². The number of nitrogens with zero attached hydrogens (tertiary/aromatic N) is 1. The smallest absolute Gasteiger partial charge is 0.331 e. The highest BCUT2D eigenvalue weighted by Gasteiger charge is 2.50. The van der Waals surface area contributed by atoms with Crippen molar-refractivity contribution >= 4 is 11.9 Å². The van der Waals surface area contributed by atoms with Crippen molar-refractivity contribution in [2.75, 3.05) is 0 Å². The highest BCUT2D eigenvalue weighted by atomic mass is 16.6. The highest BCUT2D eigenvalue weighted by Crippen LogP contribution is 2.34. The summed E-state index contributed by atoms with van der Waals surface area (Å²) in [6.07, 6.45) is 2.00. The van der Waals surface area contributed by atoms with Crippen LogP contribution in [0.15, 0.2) is 67.3 Å². The summed E-state index contributed by atoms with van der Waals surface area (Å²) in [5.41, 5.74) is 1.34. The first kappa shape index (κ1) is 17.0. The third-order valence-corrected chi connectivity index (χ3v) is 4.37. The van der Waals surface area contributed by atoms with Gasteiger partial charge in [-0.3, -0.25) is 9.69 Å². The molecule has 0 saturated carbocycles. The lowest BCUT2D eigenvalue weighted by Crippen LogP contribution is -2.48. The molecule has 3 rings (SSSR count). The Morgan fingerprint density at radius 3 is 2.48 bits per heavy atom. The Kier molecular flexibility index (Phi) is 4.45. The van der Waals surface area contributed by atoms with Gasteiger partial charge in [0.2, 0.25) is 0 Å². The predicted octanol–water partition coefficient (Wildman–Crippen LogP) is 4.03. The molecule has 0 radical (unpaired) electrons. The van der Waals surface area contributed by atoms with E-state index >= 15 is 0 Å². The van der Waals surface area contributed by atoms with E-state index in [9.17, 15) is 9.59 Å². The molecule has 1 saturated heterocycles. The molecule has 25 heavy (non-hydrogen) atoms. The van der Waals surface area contributed by atoms with Crippen molar-refractivity contribution in [1.82, 2.24) is 4.90 Å². The summed E-state index contributed by atoms with van der Waals surface area (Å²) in [5.74, 6) is -0.613. The van der Waals surface area contributed by atoms with E-state index in [0.29, 0.717) is 12.0 Å². The second kappa shape index (κ2) is 6.55. The van der Waals surface area contributed by atoms with E-state index in [1.54, 1.807) is 26.0 Å². The Hall–Kier alpha value is -2.88. The molecule has 0 bridgehead atoms. The largest absolute Gasteiger partial charge is 0.438 e. The molecule has 128 valence electrons. The summed E-state index contributed by atoms with van der Waals surface area (Å²) in [6.45, 7) is 7.16. The van der Waals surface area contributed by atoms with Gasteiger partial charge in [0.25, 0.3) is 5.91 Å². The molecule has 1 heterocycles. The summed E-state index contributed by atoms with van der Waals surface area (Å²) in [7, 11) is 0. The van der Waals surface area contributed by atoms with E-state index < -0.39 is 17.7 Å². The molecule has 2 aromatic rings. The van der Waals surface area contributed by atoms with Crippen molar-refractivity contribution in [2.45, 2.75) is 32.0 Å². The number of rotatable bonds is 4. The summed E-state index contributed by atoms with van der Waals surface area (Å²) in [5, 5.41) is 0. The van der Waals surface area contributed by atoms with Crippen molar-refractivity contribution in [3.63, 3.8) is 0 Å². The lowest BCUT2D eigenvalue weighted by molar-refractivity contribution is -0.148. The molecule has 4 nitrogen and oxygen atoms in total. The van der Waals surface area contributed by atoms with Gasteiger partial charge in [-0.15, -0.1) is 6.58 Å². The molecule has 0 unspecified atom stereocenters. The minimum absolute atomic E-state index is 0.220. The fourth-order valence-corrected chi connectivity index (χ4v) is 3.26. The predicted molar refractivity (Wildman–Crippen MR) is 96.8 cm³/mol. The van der Waals surface area contributed by atoms with Crippen LogP contribution in [0.1, 0.15) is 30.6 Å². The van der Waals surface area contributed by atoms with Crippen LogP contribution in [0.25, 0.3) is 11.1 Å². The number of carbonyl (C=O) groups is 2. The fraction of sp³-hybridized carbons (Fsp3) is 0.238. The van der Waals surface area contributed by atoms with Crippen LogP contribution < -0.4 is 0 Å². The Balaban J connectivity index is 2.06. The third kappa shape index (κ3) is 3.07. The molecule has 1 amide bonds. The maximum absolute atomic E-state index is 13.3. The van der Waals surface area contributed by atoms with Gasteiger partial charge >= 0.3 is 5.97 Å². The fourth-order valence-electron chi connectivity index (χ4n) is 3.26. The third-order valence-electron chi connectivity index (χ3n) is 4.37. The Labute approximate surface area is 147 Å². The summed E-state index contributed by atoms with van der Waals surface area (Å²) < 4.78 is 5.43. The van der Waals surface area contributed by atoms with Crippen LogP contribution in [0.3, 0.4) is 0 Å². The van der Waals surface area contributed by atoms with Gasteiger partial charge in [0.05, 0.1) is 0 Å². The average Bonchev–Trinajstić information content (AvgIpc) is 2.84. The van der Waals surface area contributed by atoms with E-state index in [-0.39, 0.29) is 5.91 Å². The molecule has 0 aliphatic carbocycles. The molecule has 1 fully saturated rings. The van der Waals surface area contributed by atoms with Gasteiger partial charge in [0, 0.05) is 5.56 Å². The number of hydrogen-bond donors (Lipinski definition) is 0. The van der Waals surface area contributed by atoms with Gasteiger partial charge in [-0.1, -0.05) is 54.6 Å². The second-order valence-corrected chi connectivity index (χ2v) is 6.49. The molecule has 0 spiro atoms. The number of esters is 1. The number of ether oxygens (including phenoxy) is 1. The van der Waals surface area contributed by atoms with Gasteiger partial charge in [0.1, 0.15) is 6.04 Å². The Bertz CT molecular complexity index is 811. The molecular weight excluding hydrogens is 314 g/mol. The van der Waals surface area contributed by atoms with E-state index in [1.165, 1.54) is 4.90 Å². The zero-order valence-electron chi connectivity index (χ0n) is 14.4. The number of carbonyl (C=O) groups excluding carboxylic acids is 2. The van der Waals surface area contributed by atoms with Crippen molar-refractivity contribution in [1.29, 1.82) is 0 Å². The second-order valence-electron chi connectivity index (χ2n) is 6.49. The van der Waals surface area contributed by atoms with Crippen LogP contribution in [0, 0.1) is 0 Å². The normalized spacial score (nSPS) is 18.7. The molecule has 1 aliphatic rings. The van der Waals surface area contributed by atoms with Crippen LogP contribution in [-0.2, 0) is 9.53 Å². The SMILES string of the molecule is C=CC[C@H]1C(=O)OC(C)(C)N1C(=O)c1ccccc1-c1ccccc1. The number of hydrogen-bond acceptors (Lipinski definition) is 3. The molecule has 0 N–H and O–H groups in total. The van der Waals surface area contributed by atoms with Gasteiger partial charge in [-0.25, -0.2) is 4.79 Å². The summed E-state index contributed by atoms with van der Waals surface area (Å²) in [6, 6.07) is 16.5. The first-order valence-corrected chi connectivity index (χ1v) is 8.27. The summed E-state index contributed by atoms with van der Waals surface area (Å²) >= 11 is 0. The zero-order valence-corrected chi connectivity index (χ0v) is 14.4. The van der Waals surface area contributed by atoms with E-state index in [1.807, 2.05) is 48.5 Å². The first-order chi connectivity index (χ1) is 12.0. The van der Waals surface area contributed by atoms with E-state index in [4.69, 9.17) is 4.74 Å². The van der Waals surface area contributed by atoms with Crippen LogP contribution in [-0.4, -0.2) is 28.5 Å². The molecule has 2 aromatic carbocycles. The topological polar surface area (TPSA) is 46.6 Å². The van der Waals surface area contributed by atoms with Crippen LogP contribution in [0.4, 0.5) is 0 Å². The monoisotopic (exact) mass is 335 g/mol. The number of amides is 1. The van der Waals surface area contributed by atoms with Crippen molar-refractivity contribution < 1.29 is 14.3 Å². The minimum atomic E-state index is -0.994. The first-order valence-electron chi connectivity index (χ1n) is 8.27. The highest BCUT2D eigenvalue weighted by molar-refractivity contribution is 6.03. The quantitative estimate of drug-likeness (QED) is 0.626. The van der Waals surface area contributed by atoms with Crippen molar-refractivity contribution in [3.05, 3.63) is 72.8 Å². The van der Waals surface area contributed by atoms with Crippen LogP contribution >= 0.6 is 0 Å². The van der Waals surface area contributed by atoms with Crippen molar-refractivity contribution in [2.24, 2.45) is 0 Å². The molecule has 0 aromatic heterocycles. The van der Waals surface area contributed by atoms with Gasteiger partial charge < -0.3 is 4.74 Å².